The van der Waals surface area contributed by atoms with Crippen LogP contribution in [-0.2, 0) is 16.8 Å². The third kappa shape index (κ3) is 6.32. The van der Waals surface area contributed by atoms with Gasteiger partial charge in [-0.3, -0.25) is 4.72 Å². The van der Waals surface area contributed by atoms with E-state index in [4.69, 9.17) is 5.14 Å². The molecule has 2 aromatic rings. The molecule has 0 bridgehead atoms. The summed E-state index contributed by atoms with van der Waals surface area (Å²) in [5, 5.41) is 10.4. The molecule has 0 aliphatic rings. The topological polar surface area (TPSA) is 117 Å². The molecule has 0 radical (unpaired) electrons. The number of carbonyl (C=O) groups excluding carboxylic acids is 1. The number of nitrogens with one attached hydrogen (secondary N) is 3. The van der Waals surface area contributed by atoms with Crippen LogP contribution in [0.15, 0.2) is 48.5 Å². The number of urea groups is 1. The lowest BCUT2D eigenvalue weighted by Crippen LogP contribution is -2.28. The lowest BCUT2D eigenvalue weighted by atomic mass is 10.2. The number of nitrogens with two attached hydrogens (primary N) is 1. The van der Waals surface area contributed by atoms with Crippen molar-refractivity contribution >= 4 is 33.3 Å². The van der Waals surface area contributed by atoms with Gasteiger partial charge in [-0.2, -0.15) is 8.42 Å². The molecular weight excluding hydrogens is 342 g/mol. The van der Waals surface area contributed by atoms with Crippen LogP contribution < -0.4 is 25.4 Å². The van der Waals surface area contributed by atoms with Crippen LogP contribution in [0.5, 0.6) is 0 Å². The van der Waals surface area contributed by atoms with E-state index in [1.165, 1.54) is 0 Å². The van der Waals surface area contributed by atoms with Gasteiger partial charge in [0.1, 0.15) is 0 Å². The molecule has 0 heterocycles. The predicted molar refractivity (Wildman–Crippen MR) is 99.8 cm³/mol. The van der Waals surface area contributed by atoms with E-state index < -0.39 is 10.2 Å². The molecule has 0 saturated heterocycles. The molecule has 2 amide bonds. The van der Waals surface area contributed by atoms with Crippen molar-refractivity contribution in [3.8, 4) is 0 Å². The molecule has 2 aromatic carbocycles. The Morgan fingerprint density at radius 3 is 2.08 bits per heavy atom. The highest BCUT2D eigenvalue weighted by Crippen LogP contribution is 2.15. The molecular formula is C16H21N5O3S. The van der Waals surface area contributed by atoms with Gasteiger partial charge in [0, 0.05) is 37.7 Å². The zero-order valence-electron chi connectivity index (χ0n) is 14.0. The number of nitrogens with zero attached hydrogens (tertiary/aromatic N) is 1. The minimum atomic E-state index is -3.79. The first-order valence-electron chi connectivity index (χ1n) is 7.45. The minimum Gasteiger partial charge on any atom is -0.378 e. The SMILES string of the molecule is CN(C)c1ccc(NC(=O)NCc2ccc(NS(N)(=O)=O)cc2)cc1. The molecule has 134 valence electrons. The standard InChI is InChI=1S/C16H21N5O3S/c1-21(2)15-9-7-13(8-10-15)19-16(22)18-11-12-3-5-14(6-4-12)20-25(17,23)24/h3-10,20H,11H2,1-2H3,(H2,17,23,24)(H2,18,19,22). The summed E-state index contributed by atoms with van der Waals surface area (Å²) >= 11 is 0. The average Bonchev–Trinajstić information content (AvgIpc) is 2.53. The van der Waals surface area contributed by atoms with Gasteiger partial charge in [-0.05, 0) is 42.0 Å². The van der Waals surface area contributed by atoms with Crippen LogP contribution in [0.1, 0.15) is 5.56 Å². The monoisotopic (exact) mass is 363 g/mol. The molecule has 0 atom stereocenters. The van der Waals surface area contributed by atoms with E-state index in [1.54, 1.807) is 24.3 Å². The molecule has 9 heteroatoms. The van der Waals surface area contributed by atoms with Crippen molar-refractivity contribution in [2.45, 2.75) is 6.54 Å². The summed E-state index contributed by atoms with van der Waals surface area (Å²) in [5.41, 5.74) is 2.91. The van der Waals surface area contributed by atoms with E-state index in [-0.39, 0.29) is 6.03 Å². The molecule has 0 saturated carbocycles. The lowest BCUT2D eigenvalue weighted by Gasteiger charge is -2.13. The van der Waals surface area contributed by atoms with Crippen LogP contribution in [0.4, 0.5) is 21.9 Å². The molecule has 0 aliphatic heterocycles. The van der Waals surface area contributed by atoms with E-state index >= 15 is 0 Å². The first kappa shape index (κ1) is 18.6. The van der Waals surface area contributed by atoms with Gasteiger partial charge in [-0.25, -0.2) is 9.93 Å². The highest BCUT2D eigenvalue weighted by molar-refractivity contribution is 7.90. The maximum absolute atomic E-state index is 11.9. The molecule has 8 nitrogen and oxygen atoms in total. The van der Waals surface area contributed by atoms with Crippen LogP contribution in [0.25, 0.3) is 0 Å². The van der Waals surface area contributed by atoms with E-state index in [9.17, 15) is 13.2 Å². The fourth-order valence-corrected chi connectivity index (χ4v) is 2.52. The van der Waals surface area contributed by atoms with Crippen LogP contribution in [0, 0.1) is 0 Å². The second-order valence-corrected chi connectivity index (χ2v) is 6.89. The zero-order chi connectivity index (χ0) is 18.4. The Morgan fingerprint density at radius 2 is 1.56 bits per heavy atom. The van der Waals surface area contributed by atoms with Crippen molar-refractivity contribution in [2.75, 3.05) is 29.0 Å². The Kier molecular flexibility index (Phi) is 5.84. The van der Waals surface area contributed by atoms with Crippen LogP contribution in [0.3, 0.4) is 0 Å². The predicted octanol–water partition coefficient (Wildman–Crippen LogP) is 1.69. The number of rotatable bonds is 6. The summed E-state index contributed by atoms with van der Waals surface area (Å²) < 4.78 is 24.0. The Labute approximate surface area is 147 Å². The van der Waals surface area contributed by atoms with Gasteiger partial charge >= 0.3 is 6.03 Å². The summed E-state index contributed by atoms with van der Waals surface area (Å²) in [4.78, 5) is 13.9. The lowest BCUT2D eigenvalue weighted by molar-refractivity contribution is 0.251. The highest BCUT2D eigenvalue weighted by atomic mass is 32.2. The van der Waals surface area contributed by atoms with Gasteiger partial charge in [0.05, 0.1) is 0 Å². The van der Waals surface area contributed by atoms with E-state index in [1.807, 2.05) is 43.3 Å². The number of anilines is 3. The zero-order valence-corrected chi connectivity index (χ0v) is 14.8. The summed E-state index contributed by atoms with van der Waals surface area (Å²) in [7, 11) is 0.0950. The second kappa shape index (κ2) is 7.86. The molecule has 0 unspecified atom stereocenters. The van der Waals surface area contributed by atoms with Crippen molar-refractivity contribution in [3.05, 3.63) is 54.1 Å². The summed E-state index contributed by atoms with van der Waals surface area (Å²) in [6.07, 6.45) is 0. The number of amides is 2. The van der Waals surface area contributed by atoms with Crippen LogP contribution in [-0.4, -0.2) is 28.5 Å². The number of carbonyl (C=O) groups is 1. The minimum absolute atomic E-state index is 0.303. The Morgan fingerprint density at radius 1 is 1.00 bits per heavy atom. The number of benzene rings is 2. The molecule has 0 spiro atoms. The van der Waals surface area contributed by atoms with Crippen molar-refractivity contribution < 1.29 is 13.2 Å². The van der Waals surface area contributed by atoms with E-state index in [0.29, 0.717) is 17.9 Å². The molecule has 0 aromatic heterocycles. The van der Waals surface area contributed by atoms with Crippen LogP contribution in [0.2, 0.25) is 0 Å². The van der Waals surface area contributed by atoms with Gasteiger partial charge in [0.25, 0.3) is 10.2 Å². The molecule has 25 heavy (non-hydrogen) atoms. The largest absolute Gasteiger partial charge is 0.378 e. The molecule has 5 N–H and O–H groups in total. The van der Waals surface area contributed by atoms with Crippen molar-refractivity contribution in [3.63, 3.8) is 0 Å². The molecule has 0 fully saturated rings. The van der Waals surface area contributed by atoms with Crippen molar-refractivity contribution in [2.24, 2.45) is 5.14 Å². The Bertz CT molecular complexity index is 818. The van der Waals surface area contributed by atoms with E-state index in [0.717, 1.165) is 11.3 Å². The molecule has 2 rings (SSSR count). The quantitative estimate of drug-likeness (QED) is 0.625. The van der Waals surface area contributed by atoms with E-state index in [2.05, 4.69) is 15.4 Å². The third-order valence-electron chi connectivity index (χ3n) is 3.31. The Balaban J connectivity index is 1.85. The first-order valence-corrected chi connectivity index (χ1v) is 8.99. The van der Waals surface area contributed by atoms with Gasteiger partial charge < -0.3 is 15.5 Å². The maximum atomic E-state index is 11.9. The van der Waals surface area contributed by atoms with Crippen molar-refractivity contribution in [1.29, 1.82) is 0 Å². The number of hydrogen-bond donors (Lipinski definition) is 4. The molecule has 0 aliphatic carbocycles. The van der Waals surface area contributed by atoms with Crippen LogP contribution >= 0.6 is 0 Å². The Hall–Kier alpha value is -2.78. The fraction of sp³-hybridized carbons (Fsp3) is 0.188. The fourth-order valence-electron chi connectivity index (χ4n) is 2.06. The van der Waals surface area contributed by atoms with Gasteiger partial charge in [-0.15, -0.1) is 0 Å². The highest BCUT2D eigenvalue weighted by Gasteiger charge is 2.04. The van der Waals surface area contributed by atoms with Gasteiger partial charge in [0.2, 0.25) is 0 Å². The third-order valence-corrected chi connectivity index (χ3v) is 3.83. The second-order valence-electron chi connectivity index (χ2n) is 5.59. The smallest absolute Gasteiger partial charge is 0.319 e. The normalized spacial score (nSPS) is 10.8. The summed E-state index contributed by atoms with van der Waals surface area (Å²) in [6.45, 7) is 0.303. The number of hydrogen-bond acceptors (Lipinski definition) is 4. The maximum Gasteiger partial charge on any atom is 0.319 e. The van der Waals surface area contributed by atoms with Gasteiger partial charge in [-0.1, -0.05) is 12.1 Å². The summed E-state index contributed by atoms with van der Waals surface area (Å²) in [5.74, 6) is 0. The van der Waals surface area contributed by atoms with Gasteiger partial charge in [0.15, 0.2) is 0 Å². The first-order chi connectivity index (χ1) is 11.7. The average molecular weight is 363 g/mol. The van der Waals surface area contributed by atoms with Crippen molar-refractivity contribution in [1.82, 2.24) is 5.32 Å². The summed E-state index contributed by atoms with van der Waals surface area (Å²) in [6, 6.07) is 13.7.